The second-order valence-electron chi connectivity index (χ2n) is 8.93. The number of rotatable bonds is 4. The third-order valence-electron chi connectivity index (χ3n) is 5.21. The Bertz CT molecular complexity index is 490. The molecule has 2 nitrogen and oxygen atoms in total. The molecule has 0 unspecified atom stereocenters. The molecule has 1 aliphatic carbocycles. The molecule has 126 valence electrons. The summed E-state index contributed by atoms with van der Waals surface area (Å²) < 4.78 is 6.64. The van der Waals surface area contributed by atoms with Crippen molar-refractivity contribution in [3.05, 3.63) is 23.3 Å². The van der Waals surface area contributed by atoms with Gasteiger partial charge in [-0.05, 0) is 61.9 Å². The molecule has 0 aromatic carbocycles. The molecule has 0 aromatic rings. The Morgan fingerprint density at radius 3 is 2.27 bits per heavy atom. The molecule has 0 amide bonds. The average molecular weight is 323 g/mol. The molecule has 0 aromatic heterocycles. The first-order valence-corrected chi connectivity index (χ1v) is 11.2. The summed E-state index contributed by atoms with van der Waals surface area (Å²) in [4.78, 5) is 11.2. The molecule has 0 saturated carbocycles. The van der Waals surface area contributed by atoms with E-state index in [1.54, 1.807) is 13.0 Å². The fraction of sp³-hybridized carbons (Fsp3) is 0.737. The summed E-state index contributed by atoms with van der Waals surface area (Å²) in [6.07, 6.45) is 6.00. The normalized spacial score (nSPS) is 23.2. The highest BCUT2D eigenvalue weighted by Gasteiger charge is 2.42. The highest BCUT2D eigenvalue weighted by Crippen LogP contribution is 2.45. The number of carbonyl (C=O) groups is 1. The smallest absolute Gasteiger partial charge is 0.192 e. The maximum atomic E-state index is 11.2. The van der Waals surface area contributed by atoms with Crippen LogP contribution < -0.4 is 0 Å². The summed E-state index contributed by atoms with van der Waals surface area (Å²) >= 11 is 0. The first kappa shape index (κ1) is 19.4. The van der Waals surface area contributed by atoms with Crippen LogP contribution in [-0.2, 0) is 9.22 Å². The predicted molar refractivity (Wildman–Crippen MR) is 97.6 cm³/mol. The van der Waals surface area contributed by atoms with Crippen molar-refractivity contribution in [2.24, 2.45) is 5.41 Å². The Hall–Kier alpha value is -0.673. The van der Waals surface area contributed by atoms with Crippen LogP contribution in [0.2, 0.25) is 18.1 Å². The number of hydrogen-bond donors (Lipinski definition) is 0. The van der Waals surface area contributed by atoms with E-state index in [-0.39, 0.29) is 16.2 Å². The van der Waals surface area contributed by atoms with Crippen molar-refractivity contribution in [3.63, 3.8) is 0 Å². The summed E-state index contributed by atoms with van der Waals surface area (Å²) in [5.74, 6) is 0.107. The highest BCUT2D eigenvalue weighted by molar-refractivity contribution is 6.74. The van der Waals surface area contributed by atoms with E-state index in [0.29, 0.717) is 6.10 Å². The summed E-state index contributed by atoms with van der Waals surface area (Å²) in [6, 6.07) is 0. The maximum absolute atomic E-state index is 11.2. The van der Waals surface area contributed by atoms with Crippen molar-refractivity contribution < 1.29 is 9.22 Å². The third kappa shape index (κ3) is 4.66. The lowest BCUT2D eigenvalue weighted by Gasteiger charge is -2.44. The zero-order valence-electron chi connectivity index (χ0n) is 16.0. The van der Waals surface area contributed by atoms with Crippen LogP contribution in [0.5, 0.6) is 0 Å². The van der Waals surface area contributed by atoms with Crippen LogP contribution in [0.15, 0.2) is 23.3 Å². The van der Waals surface area contributed by atoms with Crippen LogP contribution in [0.1, 0.15) is 61.3 Å². The molecular weight excluding hydrogens is 288 g/mol. The first-order valence-electron chi connectivity index (χ1n) is 8.33. The quantitative estimate of drug-likeness (QED) is 0.493. The second-order valence-corrected chi connectivity index (χ2v) is 13.7. The molecule has 0 N–H and O–H groups in total. The van der Waals surface area contributed by atoms with E-state index < -0.39 is 8.32 Å². The Labute approximate surface area is 138 Å². The SMILES string of the molecule is CC(=O)/C=C/C1=C(C)C[C@H](O[Si](C)(C)C(C)(C)C)CC1(C)C. The number of hydrogen-bond acceptors (Lipinski definition) is 2. The van der Waals surface area contributed by atoms with Crippen molar-refractivity contribution in [1.82, 2.24) is 0 Å². The van der Waals surface area contributed by atoms with Gasteiger partial charge in [0.1, 0.15) is 0 Å². The average Bonchev–Trinajstić information content (AvgIpc) is 2.23. The van der Waals surface area contributed by atoms with Gasteiger partial charge >= 0.3 is 0 Å². The van der Waals surface area contributed by atoms with E-state index in [2.05, 4.69) is 54.6 Å². The van der Waals surface area contributed by atoms with Gasteiger partial charge in [-0.2, -0.15) is 0 Å². The molecule has 22 heavy (non-hydrogen) atoms. The molecule has 0 aliphatic heterocycles. The molecule has 1 aliphatic rings. The van der Waals surface area contributed by atoms with Crippen LogP contribution in [0, 0.1) is 5.41 Å². The summed E-state index contributed by atoms with van der Waals surface area (Å²) in [5.41, 5.74) is 2.72. The van der Waals surface area contributed by atoms with E-state index in [1.165, 1.54) is 11.1 Å². The van der Waals surface area contributed by atoms with Gasteiger partial charge in [-0.25, -0.2) is 0 Å². The Morgan fingerprint density at radius 1 is 1.32 bits per heavy atom. The van der Waals surface area contributed by atoms with Gasteiger partial charge in [0.2, 0.25) is 0 Å². The number of allylic oxidation sites excluding steroid dienone is 3. The predicted octanol–water partition coefficient (Wildman–Crippen LogP) is 5.66. The Balaban J connectivity index is 2.99. The fourth-order valence-electron chi connectivity index (χ4n) is 3.03. The Morgan fingerprint density at radius 2 is 1.86 bits per heavy atom. The standard InChI is InChI=1S/C19H34O2Si/c1-14-12-16(21-22(8,9)18(3,4)5)13-19(6,7)17(14)11-10-15(2)20/h10-11,16H,12-13H2,1-9H3/b11-10+/t16-/m0/s1. The maximum Gasteiger partial charge on any atom is 0.192 e. The monoisotopic (exact) mass is 322 g/mol. The van der Waals surface area contributed by atoms with Crippen molar-refractivity contribution in [2.75, 3.05) is 0 Å². The van der Waals surface area contributed by atoms with Crippen molar-refractivity contribution in [3.8, 4) is 0 Å². The molecule has 1 rings (SSSR count). The first-order chi connectivity index (χ1) is 9.76. The van der Waals surface area contributed by atoms with Gasteiger partial charge in [0, 0.05) is 6.10 Å². The van der Waals surface area contributed by atoms with Crippen molar-refractivity contribution in [2.45, 2.75) is 85.5 Å². The van der Waals surface area contributed by atoms with Gasteiger partial charge in [0.05, 0.1) is 0 Å². The molecule has 0 radical (unpaired) electrons. The van der Waals surface area contributed by atoms with E-state index in [9.17, 15) is 4.79 Å². The molecular formula is C19H34O2Si. The van der Waals surface area contributed by atoms with Crippen molar-refractivity contribution in [1.29, 1.82) is 0 Å². The van der Waals surface area contributed by atoms with Crippen LogP contribution in [0.3, 0.4) is 0 Å². The van der Waals surface area contributed by atoms with E-state index in [1.807, 2.05) is 6.08 Å². The van der Waals surface area contributed by atoms with E-state index in [0.717, 1.165) is 12.8 Å². The lowest BCUT2D eigenvalue weighted by molar-refractivity contribution is -0.112. The fourth-order valence-corrected chi connectivity index (χ4v) is 4.38. The summed E-state index contributed by atoms with van der Waals surface area (Å²) in [7, 11) is -1.74. The van der Waals surface area contributed by atoms with Gasteiger partial charge in [-0.15, -0.1) is 0 Å². The molecule has 0 heterocycles. The van der Waals surface area contributed by atoms with Crippen LogP contribution in [0.25, 0.3) is 0 Å². The van der Waals surface area contributed by atoms with Gasteiger partial charge < -0.3 is 4.43 Å². The topological polar surface area (TPSA) is 26.3 Å². The van der Waals surface area contributed by atoms with Crippen LogP contribution in [0.4, 0.5) is 0 Å². The molecule has 0 bridgehead atoms. The summed E-state index contributed by atoms with van der Waals surface area (Å²) in [6.45, 7) is 19.8. The van der Waals surface area contributed by atoms with Crippen LogP contribution in [-0.4, -0.2) is 20.2 Å². The molecule has 3 heteroatoms. The minimum atomic E-state index is -1.74. The molecule has 0 fully saturated rings. The Kier molecular flexibility index (Phi) is 5.67. The van der Waals surface area contributed by atoms with E-state index >= 15 is 0 Å². The van der Waals surface area contributed by atoms with Crippen LogP contribution >= 0.6 is 0 Å². The second kappa shape index (κ2) is 6.44. The zero-order chi connectivity index (χ0) is 17.3. The number of carbonyl (C=O) groups excluding carboxylic acids is 1. The molecule has 1 atom stereocenters. The minimum Gasteiger partial charge on any atom is -0.414 e. The zero-order valence-corrected chi connectivity index (χ0v) is 17.0. The van der Waals surface area contributed by atoms with Gasteiger partial charge in [-0.1, -0.05) is 46.3 Å². The van der Waals surface area contributed by atoms with Gasteiger partial charge in [0.15, 0.2) is 14.1 Å². The largest absolute Gasteiger partial charge is 0.414 e. The van der Waals surface area contributed by atoms with Gasteiger partial charge in [-0.3, -0.25) is 4.79 Å². The van der Waals surface area contributed by atoms with Gasteiger partial charge in [0.25, 0.3) is 0 Å². The lowest BCUT2D eigenvalue weighted by atomic mass is 9.71. The highest BCUT2D eigenvalue weighted by atomic mass is 28.4. The lowest BCUT2D eigenvalue weighted by Crippen LogP contribution is -2.46. The molecule has 0 spiro atoms. The number of ketones is 1. The summed E-state index contributed by atoms with van der Waals surface area (Å²) in [5, 5.41) is 0.240. The molecule has 0 saturated heterocycles. The van der Waals surface area contributed by atoms with Crippen molar-refractivity contribution >= 4 is 14.1 Å². The minimum absolute atomic E-state index is 0.0569. The van der Waals surface area contributed by atoms with E-state index in [4.69, 9.17) is 4.43 Å². The third-order valence-corrected chi connectivity index (χ3v) is 9.75.